The van der Waals surface area contributed by atoms with E-state index in [0.29, 0.717) is 0 Å². The molecule has 1 aromatic carbocycles. The third-order valence-corrected chi connectivity index (χ3v) is 1.17. The molecular weight excluding hydrogens is 124 g/mol. The molecule has 0 fully saturated rings. The van der Waals surface area contributed by atoms with Gasteiger partial charge in [-0.2, -0.15) is 0 Å². The summed E-state index contributed by atoms with van der Waals surface area (Å²) in [4.78, 5) is 0. The first-order valence-corrected chi connectivity index (χ1v) is 2.82. The highest BCUT2D eigenvalue weighted by atomic mass is 14.3. The van der Waals surface area contributed by atoms with Crippen LogP contribution >= 0.6 is 0 Å². The summed E-state index contributed by atoms with van der Waals surface area (Å²) in [6.07, 6.45) is 0. The fourth-order valence-corrected chi connectivity index (χ4v) is 0.637. The molecule has 2 N–H and O–H groups in total. The minimum absolute atomic E-state index is 0.721. The van der Waals surface area contributed by atoms with E-state index in [2.05, 4.69) is 11.7 Å². The first-order chi connectivity index (χ1) is 4.86. The van der Waals surface area contributed by atoms with Gasteiger partial charge in [-0.05, 0) is 36.0 Å². The van der Waals surface area contributed by atoms with Crippen LogP contribution in [0.5, 0.6) is 0 Å². The van der Waals surface area contributed by atoms with Crippen molar-refractivity contribution < 1.29 is 0 Å². The third kappa shape index (κ3) is 1.20. The van der Waals surface area contributed by atoms with Crippen LogP contribution in [-0.2, 0) is 0 Å². The molecule has 2 nitrogen and oxygen atoms in total. The number of hydrogen-bond donors (Lipinski definition) is 2. The van der Waals surface area contributed by atoms with Gasteiger partial charge in [-0.3, -0.25) is 10.8 Å². The zero-order chi connectivity index (χ0) is 7.40. The standard InChI is InChI=1S/C8H6N2/c9-5-7-1-2-8(6-10)4-3-7/h1-4,9-10H. The van der Waals surface area contributed by atoms with Gasteiger partial charge in [0.1, 0.15) is 0 Å². The van der Waals surface area contributed by atoms with Crippen molar-refractivity contribution in [2.45, 2.75) is 0 Å². The molecule has 2 heteroatoms. The Morgan fingerprint density at radius 1 is 0.800 bits per heavy atom. The maximum absolute atomic E-state index is 6.75. The summed E-state index contributed by atoms with van der Waals surface area (Å²) in [7, 11) is 0. The fraction of sp³-hybridized carbons (Fsp3) is 0. The van der Waals surface area contributed by atoms with Crippen LogP contribution in [0.3, 0.4) is 0 Å². The molecule has 1 aromatic rings. The number of benzene rings is 1. The highest BCUT2D eigenvalue weighted by molar-refractivity contribution is 5.51. The molecule has 0 saturated carbocycles. The van der Waals surface area contributed by atoms with Gasteiger partial charge in [0.2, 0.25) is 0 Å². The summed E-state index contributed by atoms with van der Waals surface area (Å²) in [5.41, 5.74) is 0. The van der Waals surface area contributed by atoms with Crippen LogP contribution in [0.15, 0.2) is 24.3 Å². The van der Waals surface area contributed by atoms with Crippen molar-refractivity contribution in [3.8, 4) is 0 Å². The average Bonchev–Trinajstić information content (AvgIpc) is 2.05. The van der Waals surface area contributed by atoms with E-state index in [4.69, 9.17) is 10.8 Å². The first-order valence-electron chi connectivity index (χ1n) is 2.82. The Labute approximate surface area is 58.2 Å². The maximum Gasteiger partial charge on any atom is 0.0354 e. The van der Waals surface area contributed by atoms with E-state index in [9.17, 15) is 0 Å². The van der Waals surface area contributed by atoms with Gasteiger partial charge in [0, 0.05) is 10.4 Å². The van der Waals surface area contributed by atoms with Gasteiger partial charge in [0.05, 0.1) is 0 Å². The van der Waals surface area contributed by atoms with E-state index in [1.165, 1.54) is 0 Å². The zero-order valence-corrected chi connectivity index (χ0v) is 5.31. The fourth-order valence-electron chi connectivity index (χ4n) is 0.637. The van der Waals surface area contributed by atoms with Gasteiger partial charge >= 0.3 is 0 Å². The molecule has 0 bridgehead atoms. The van der Waals surface area contributed by atoms with Crippen LogP contribution in [0.2, 0.25) is 0 Å². The lowest BCUT2D eigenvalue weighted by Gasteiger charge is -1.77. The van der Waals surface area contributed by atoms with Crippen molar-refractivity contribution in [3.63, 3.8) is 0 Å². The minimum Gasteiger partial charge on any atom is -0.258 e. The van der Waals surface area contributed by atoms with Gasteiger partial charge in [0.15, 0.2) is 0 Å². The smallest absolute Gasteiger partial charge is 0.0354 e. The second-order valence-corrected chi connectivity index (χ2v) is 1.83. The zero-order valence-electron chi connectivity index (χ0n) is 5.31. The molecule has 0 saturated heterocycles. The molecular formula is C8H6N2. The van der Waals surface area contributed by atoms with Crippen LogP contribution in [0.25, 0.3) is 0 Å². The monoisotopic (exact) mass is 130 g/mol. The molecule has 48 valence electrons. The van der Waals surface area contributed by atoms with Crippen LogP contribution in [-0.4, -0.2) is 11.7 Å². The molecule has 1 rings (SSSR count). The van der Waals surface area contributed by atoms with Crippen molar-refractivity contribution in [2.24, 2.45) is 0 Å². The van der Waals surface area contributed by atoms with E-state index >= 15 is 0 Å². The summed E-state index contributed by atoms with van der Waals surface area (Å²) in [6.45, 7) is 0. The summed E-state index contributed by atoms with van der Waals surface area (Å²) in [5.74, 6) is 4.48. The van der Waals surface area contributed by atoms with Crippen molar-refractivity contribution in [1.82, 2.24) is 0 Å². The quantitative estimate of drug-likeness (QED) is 0.446. The van der Waals surface area contributed by atoms with Gasteiger partial charge in [-0.1, -0.05) is 0 Å². The normalized spacial score (nSPS) is 8.00. The molecule has 0 spiro atoms. The minimum atomic E-state index is 0.721. The Kier molecular flexibility index (Phi) is 1.81. The van der Waals surface area contributed by atoms with E-state index in [1.54, 1.807) is 24.3 Å². The van der Waals surface area contributed by atoms with Gasteiger partial charge < -0.3 is 0 Å². The summed E-state index contributed by atoms with van der Waals surface area (Å²) in [6, 6.07) is 6.90. The second kappa shape index (κ2) is 2.79. The second-order valence-electron chi connectivity index (χ2n) is 1.83. The highest BCUT2D eigenvalue weighted by Crippen LogP contribution is 1.61. The predicted molar refractivity (Wildman–Crippen MR) is 39.4 cm³/mol. The van der Waals surface area contributed by atoms with Crippen molar-refractivity contribution >= 4 is 11.7 Å². The van der Waals surface area contributed by atoms with Crippen molar-refractivity contribution in [3.05, 3.63) is 34.7 Å². The number of rotatable bonds is 0. The molecule has 0 amide bonds. The average molecular weight is 130 g/mol. The highest BCUT2D eigenvalue weighted by Gasteiger charge is 1.75. The van der Waals surface area contributed by atoms with E-state index in [0.717, 1.165) is 10.4 Å². The lowest BCUT2D eigenvalue weighted by Crippen LogP contribution is -2.08. The molecule has 0 radical (unpaired) electrons. The Bertz CT molecular complexity index is 320. The van der Waals surface area contributed by atoms with Gasteiger partial charge in [-0.15, -0.1) is 0 Å². The number of nitrogens with one attached hydrogen (secondary N) is 2. The molecule has 0 unspecified atom stereocenters. The maximum atomic E-state index is 6.75. The predicted octanol–water partition coefficient (Wildman–Crippen LogP) is -0.473. The third-order valence-electron chi connectivity index (χ3n) is 1.17. The Morgan fingerprint density at radius 2 is 1.10 bits per heavy atom. The first kappa shape index (κ1) is 6.50. The largest absolute Gasteiger partial charge is 0.258 e. The van der Waals surface area contributed by atoms with Crippen LogP contribution in [0.1, 0.15) is 0 Å². The molecule has 0 atom stereocenters. The van der Waals surface area contributed by atoms with Crippen LogP contribution in [0.4, 0.5) is 0 Å². The summed E-state index contributed by atoms with van der Waals surface area (Å²) < 4.78 is 0. The summed E-state index contributed by atoms with van der Waals surface area (Å²) in [5, 5.41) is 15.0. The molecule has 10 heavy (non-hydrogen) atoms. The SMILES string of the molecule is N=C=c1ccc(=C=N)cc1. The van der Waals surface area contributed by atoms with E-state index < -0.39 is 0 Å². The van der Waals surface area contributed by atoms with Crippen molar-refractivity contribution in [1.29, 1.82) is 10.8 Å². The molecule has 0 aliphatic heterocycles. The van der Waals surface area contributed by atoms with E-state index in [-0.39, 0.29) is 0 Å². The molecule has 0 aliphatic rings. The Morgan fingerprint density at radius 3 is 1.30 bits per heavy atom. The topological polar surface area (TPSA) is 47.7 Å². The van der Waals surface area contributed by atoms with Gasteiger partial charge in [0.25, 0.3) is 0 Å². The van der Waals surface area contributed by atoms with Crippen LogP contribution in [0, 0.1) is 10.8 Å². The number of hydrogen-bond acceptors (Lipinski definition) is 2. The Hall–Kier alpha value is -1.62. The molecule has 0 aromatic heterocycles. The summed E-state index contributed by atoms with van der Waals surface area (Å²) >= 11 is 0. The van der Waals surface area contributed by atoms with Crippen LogP contribution < -0.4 is 10.4 Å². The lowest BCUT2D eigenvalue weighted by molar-refractivity contribution is 1.51. The van der Waals surface area contributed by atoms with Crippen molar-refractivity contribution in [2.75, 3.05) is 0 Å². The van der Waals surface area contributed by atoms with E-state index in [1.807, 2.05) is 0 Å². The van der Waals surface area contributed by atoms with Gasteiger partial charge in [-0.25, -0.2) is 0 Å². The molecule has 0 aliphatic carbocycles. The Balaban J connectivity index is 3.56. The lowest BCUT2D eigenvalue weighted by atomic mass is 10.3. The molecule has 0 heterocycles.